The number of benzene rings is 2. The zero-order valence-corrected chi connectivity index (χ0v) is 24.0. The second kappa shape index (κ2) is 13.0. The number of rotatable bonds is 5. The van der Waals surface area contributed by atoms with Crippen molar-refractivity contribution in [1.29, 1.82) is 0 Å². The monoisotopic (exact) mass is 569 g/mol. The van der Waals surface area contributed by atoms with Crippen molar-refractivity contribution < 1.29 is 13.9 Å². The van der Waals surface area contributed by atoms with Gasteiger partial charge >= 0.3 is 0 Å². The van der Waals surface area contributed by atoms with E-state index in [-0.39, 0.29) is 23.5 Å². The molecule has 10 heteroatoms. The van der Waals surface area contributed by atoms with Crippen LogP contribution in [0.5, 0.6) is 0 Å². The standard InChI is InChI=1S/C32H36FN7O2/c1-21-15-22(17-24(33)16-21)3-4-23-18-28(30(34)36-20-23)31(35)38-32(41)27-6-5-26(40-11-9-39(2)10-12-40)19-29(27)37-25-7-13-42-14-8-25/h5-6,15-20,25,37H,7-14H2,1-2H3,(H2,34,36)(H2,35,38,41). The number of nitrogens with one attached hydrogen (secondary N) is 1. The number of anilines is 3. The Morgan fingerprint density at radius 1 is 1.05 bits per heavy atom. The maximum atomic E-state index is 13.8. The predicted molar refractivity (Wildman–Crippen MR) is 164 cm³/mol. The summed E-state index contributed by atoms with van der Waals surface area (Å²) in [5, 5.41) is 3.56. The van der Waals surface area contributed by atoms with Crippen molar-refractivity contribution in [3.63, 3.8) is 0 Å². The van der Waals surface area contributed by atoms with Crippen LogP contribution in [-0.4, -0.2) is 74.1 Å². The molecule has 9 nitrogen and oxygen atoms in total. The van der Waals surface area contributed by atoms with E-state index in [0.29, 0.717) is 35.5 Å². The van der Waals surface area contributed by atoms with Gasteiger partial charge in [0.1, 0.15) is 17.5 Å². The van der Waals surface area contributed by atoms with E-state index in [4.69, 9.17) is 16.2 Å². The summed E-state index contributed by atoms with van der Waals surface area (Å²) in [7, 11) is 2.12. The molecule has 42 heavy (non-hydrogen) atoms. The van der Waals surface area contributed by atoms with Crippen LogP contribution in [0.25, 0.3) is 0 Å². The van der Waals surface area contributed by atoms with E-state index in [2.05, 4.69) is 44.0 Å². The van der Waals surface area contributed by atoms with Crippen LogP contribution in [0.4, 0.5) is 21.6 Å². The number of nitrogens with two attached hydrogens (primary N) is 2. The Bertz CT molecular complexity index is 1530. The molecule has 2 aromatic carbocycles. The van der Waals surface area contributed by atoms with Crippen LogP contribution >= 0.6 is 0 Å². The number of carbonyl (C=O) groups is 1. The first-order valence-corrected chi connectivity index (χ1v) is 14.1. The Kier molecular flexibility index (Phi) is 9.00. The van der Waals surface area contributed by atoms with Gasteiger partial charge in [0.05, 0.1) is 11.1 Å². The Hall–Kier alpha value is -4.46. The maximum absolute atomic E-state index is 13.8. The fourth-order valence-electron chi connectivity index (χ4n) is 5.09. The number of aliphatic imine (C=N–C) groups is 1. The normalized spacial score (nSPS) is 16.5. The molecule has 3 heterocycles. The molecule has 2 saturated heterocycles. The predicted octanol–water partition coefficient (Wildman–Crippen LogP) is 3.40. The van der Waals surface area contributed by atoms with Crippen LogP contribution in [-0.2, 0) is 4.74 Å². The highest BCUT2D eigenvalue weighted by Crippen LogP contribution is 2.28. The number of nitrogens with zero attached hydrogens (tertiary/aromatic N) is 4. The van der Waals surface area contributed by atoms with Crippen LogP contribution in [0.1, 0.15) is 45.5 Å². The highest BCUT2D eigenvalue weighted by Gasteiger charge is 2.21. The second-order valence-electron chi connectivity index (χ2n) is 10.8. The van der Waals surface area contributed by atoms with Gasteiger partial charge in [-0.25, -0.2) is 9.37 Å². The molecule has 3 aromatic rings. The molecule has 1 amide bonds. The summed E-state index contributed by atoms with van der Waals surface area (Å²) in [5.74, 6) is 5.12. The molecule has 218 valence electrons. The third kappa shape index (κ3) is 7.24. The topological polar surface area (TPSA) is 122 Å². The Morgan fingerprint density at radius 2 is 1.79 bits per heavy atom. The van der Waals surface area contributed by atoms with Gasteiger partial charge < -0.3 is 31.3 Å². The molecule has 0 bridgehead atoms. The summed E-state index contributed by atoms with van der Waals surface area (Å²) < 4.78 is 19.3. The number of hydrogen-bond acceptors (Lipinski definition) is 7. The van der Waals surface area contributed by atoms with E-state index < -0.39 is 5.91 Å². The Balaban J connectivity index is 1.41. The number of likely N-dealkylation sites (N-methyl/N-ethyl adjacent to an activating group) is 1. The van der Waals surface area contributed by atoms with E-state index in [1.807, 2.05) is 12.1 Å². The summed E-state index contributed by atoms with van der Waals surface area (Å²) in [6.07, 6.45) is 3.20. The van der Waals surface area contributed by atoms with Crippen molar-refractivity contribution in [3.8, 4) is 11.8 Å². The highest BCUT2D eigenvalue weighted by atomic mass is 19.1. The number of carbonyl (C=O) groups excluding carboxylic acids is 1. The fourth-order valence-corrected chi connectivity index (χ4v) is 5.09. The SMILES string of the molecule is Cc1cc(F)cc(C#Cc2cnc(N)c(C(N)=NC(=O)c3ccc(N4CCN(C)CC4)cc3NC3CCOCC3)c2)c1. The summed E-state index contributed by atoms with van der Waals surface area (Å²) in [5.41, 5.74) is 16.7. The van der Waals surface area contributed by atoms with E-state index in [1.165, 1.54) is 18.3 Å². The molecule has 5 N–H and O–H groups in total. The minimum Gasteiger partial charge on any atom is -0.383 e. The van der Waals surface area contributed by atoms with Gasteiger partial charge in [0.15, 0.2) is 0 Å². The maximum Gasteiger partial charge on any atom is 0.281 e. The molecule has 2 fully saturated rings. The summed E-state index contributed by atoms with van der Waals surface area (Å²) >= 11 is 0. The lowest BCUT2D eigenvalue weighted by Crippen LogP contribution is -2.44. The molecule has 0 saturated carbocycles. The van der Waals surface area contributed by atoms with E-state index in [0.717, 1.165) is 56.0 Å². The van der Waals surface area contributed by atoms with Crippen LogP contribution in [0.15, 0.2) is 53.7 Å². The average Bonchev–Trinajstić information content (AvgIpc) is 2.97. The number of amides is 1. The molecule has 0 aliphatic carbocycles. The summed E-state index contributed by atoms with van der Waals surface area (Å²) in [4.78, 5) is 26.5. The number of amidine groups is 1. The molecule has 2 aliphatic rings. The number of aromatic nitrogens is 1. The van der Waals surface area contributed by atoms with Gasteiger partial charge in [0.2, 0.25) is 0 Å². The fraction of sp³-hybridized carbons (Fsp3) is 0.344. The van der Waals surface area contributed by atoms with Crippen molar-refractivity contribution >= 4 is 28.9 Å². The highest BCUT2D eigenvalue weighted by molar-refractivity contribution is 6.12. The molecule has 0 spiro atoms. The second-order valence-corrected chi connectivity index (χ2v) is 10.8. The quantitative estimate of drug-likeness (QED) is 0.243. The Labute approximate surface area is 245 Å². The third-order valence-corrected chi connectivity index (χ3v) is 7.49. The lowest BCUT2D eigenvalue weighted by atomic mass is 10.1. The largest absolute Gasteiger partial charge is 0.383 e. The molecule has 0 unspecified atom stereocenters. The van der Waals surface area contributed by atoms with Gasteiger partial charge in [-0.05, 0) is 74.8 Å². The van der Waals surface area contributed by atoms with Crippen molar-refractivity contribution in [2.75, 3.05) is 62.4 Å². The lowest BCUT2D eigenvalue weighted by molar-refractivity contribution is 0.0904. The van der Waals surface area contributed by atoms with Gasteiger partial charge in [-0.1, -0.05) is 11.8 Å². The van der Waals surface area contributed by atoms with E-state index in [1.54, 1.807) is 25.1 Å². The van der Waals surface area contributed by atoms with Crippen LogP contribution in [0.2, 0.25) is 0 Å². The van der Waals surface area contributed by atoms with Crippen LogP contribution in [0.3, 0.4) is 0 Å². The minimum absolute atomic E-state index is 0.0598. The van der Waals surface area contributed by atoms with Crippen LogP contribution < -0.4 is 21.7 Å². The molecular formula is C32H36FN7O2. The van der Waals surface area contributed by atoms with Crippen molar-refractivity contribution in [1.82, 2.24) is 9.88 Å². The zero-order valence-electron chi connectivity index (χ0n) is 24.0. The molecule has 0 radical (unpaired) electrons. The van der Waals surface area contributed by atoms with Gasteiger partial charge in [0.25, 0.3) is 5.91 Å². The number of ether oxygens (including phenoxy) is 1. The van der Waals surface area contributed by atoms with Crippen molar-refractivity contribution in [2.45, 2.75) is 25.8 Å². The van der Waals surface area contributed by atoms with Gasteiger partial charge in [-0.3, -0.25) is 4.79 Å². The third-order valence-electron chi connectivity index (χ3n) is 7.49. The first kappa shape index (κ1) is 29.0. The number of aryl methyl sites for hydroxylation is 1. The smallest absolute Gasteiger partial charge is 0.281 e. The minimum atomic E-state index is -0.488. The van der Waals surface area contributed by atoms with E-state index in [9.17, 15) is 9.18 Å². The number of piperazine rings is 1. The zero-order chi connectivity index (χ0) is 29.6. The number of hydrogen-bond donors (Lipinski definition) is 3. The summed E-state index contributed by atoms with van der Waals surface area (Å²) in [6, 6.07) is 12.2. The number of nitrogen functional groups attached to an aromatic ring is 1. The molecule has 0 atom stereocenters. The molecule has 1 aromatic heterocycles. The first-order valence-electron chi connectivity index (χ1n) is 14.1. The Morgan fingerprint density at radius 3 is 2.52 bits per heavy atom. The average molecular weight is 570 g/mol. The van der Waals surface area contributed by atoms with Gasteiger partial charge in [-0.2, -0.15) is 4.99 Å². The summed E-state index contributed by atoms with van der Waals surface area (Å²) in [6.45, 7) is 6.93. The van der Waals surface area contributed by atoms with Crippen molar-refractivity contribution in [3.05, 3.63) is 82.3 Å². The molecule has 5 rings (SSSR count). The lowest BCUT2D eigenvalue weighted by Gasteiger charge is -2.34. The van der Waals surface area contributed by atoms with E-state index >= 15 is 0 Å². The van der Waals surface area contributed by atoms with Gasteiger partial charge in [0, 0.05) is 74.1 Å². The first-order chi connectivity index (χ1) is 20.2. The number of pyridine rings is 1. The number of halogens is 1. The molecular weight excluding hydrogens is 533 g/mol. The van der Waals surface area contributed by atoms with Crippen LogP contribution in [0, 0.1) is 24.6 Å². The van der Waals surface area contributed by atoms with Gasteiger partial charge in [-0.15, -0.1) is 0 Å². The molecule has 2 aliphatic heterocycles. The van der Waals surface area contributed by atoms with Crippen molar-refractivity contribution in [2.24, 2.45) is 10.7 Å².